The first-order valence-electron chi connectivity index (χ1n) is 11.2. The molecule has 0 aliphatic carbocycles. The number of fused-ring (bicyclic) bond motifs is 2. The Morgan fingerprint density at radius 1 is 1.26 bits per heavy atom. The van der Waals surface area contributed by atoms with Crippen LogP contribution < -0.4 is 4.90 Å². The number of hydrogen-bond donors (Lipinski definition) is 1. The summed E-state index contributed by atoms with van der Waals surface area (Å²) >= 11 is 0. The van der Waals surface area contributed by atoms with E-state index in [0.29, 0.717) is 25.2 Å². The highest BCUT2D eigenvalue weighted by Crippen LogP contribution is 2.35. The van der Waals surface area contributed by atoms with Crippen molar-refractivity contribution >= 4 is 26.7 Å². The molecule has 0 amide bonds. The van der Waals surface area contributed by atoms with Gasteiger partial charge in [-0.1, -0.05) is 6.07 Å². The molecule has 0 aromatic carbocycles. The average Bonchev–Trinajstić information content (AvgIpc) is 3.63. The molecule has 4 aromatic rings. The van der Waals surface area contributed by atoms with Crippen molar-refractivity contribution in [1.82, 2.24) is 29.7 Å². The number of pyridine rings is 1. The van der Waals surface area contributed by atoms with Crippen LogP contribution in [0.15, 0.2) is 48.1 Å². The van der Waals surface area contributed by atoms with E-state index in [9.17, 15) is 13.7 Å². The summed E-state index contributed by atoms with van der Waals surface area (Å²) in [5.74, 6) is 0.991. The van der Waals surface area contributed by atoms with E-state index < -0.39 is 9.84 Å². The van der Waals surface area contributed by atoms with E-state index in [1.54, 1.807) is 6.20 Å². The third kappa shape index (κ3) is 3.42. The third-order valence-corrected chi connectivity index (χ3v) is 8.51. The van der Waals surface area contributed by atoms with Gasteiger partial charge in [0.25, 0.3) is 0 Å². The highest BCUT2D eigenvalue weighted by molar-refractivity contribution is 7.91. The van der Waals surface area contributed by atoms with Crippen molar-refractivity contribution in [3.8, 4) is 17.3 Å². The number of H-pyrrole nitrogens is 1. The Labute approximate surface area is 196 Å². The lowest BCUT2D eigenvalue weighted by atomic mass is 9.96. The van der Waals surface area contributed by atoms with Crippen LogP contribution in [0.2, 0.25) is 0 Å². The molecular weight excluding hydrogens is 452 g/mol. The summed E-state index contributed by atoms with van der Waals surface area (Å²) in [5, 5.41) is 15.3. The average molecular weight is 475 g/mol. The molecule has 0 radical (unpaired) electrons. The fourth-order valence-electron chi connectivity index (χ4n) is 5.06. The van der Waals surface area contributed by atoms with Gasteiger partial charge in [-0.25, -0.2) is 23.4 Å². The first kappa shape index (κ1) is 20.8. The number of rotatable bonds is 5. The van der Waals surface area contributed by atoms with Crippen molar-refractivity contribution < 1.29 is 8.42 Å². The van der Waals surface area contributed by atoms with Crippen LogP contribution in [0, 0.1) is 17.2 Å². The summed E-state index contributed by atoms with van der Waals surface area (Å²) in [4.78, 5) is 18.4. The number of anilines is 1. The van der Waals surface area contributed by atoms with Crippen LogP contribution in [0.1, 0.15) is 24.4 Å². The standard InChI is InChI=1S/C23H22N8O2S/c24-7-3-19(31-13-17(11-28-31)21-18-4-8-25-22(18)27-14-26-21)16-5-9-30(12-16)20-2-1-15-6-10-34(32,33)23(15)29-20/h1-2,4,8,11,13-14,16,19H,3,5-6,9-10,12H2,(H,25,26,27). The number of hydrogen-bond acceptors (Lipinski definition) is 8. The van der Waals surface area contributed by atoms with Gasteiger partial charge >= 0.3 is 0 Å². The van der Waals surface area contributed by atoms with Crippen LogP contribution in [0.25, 0.3) is 22.3 Å². The molecule has 172 valence electrons. The first-order chi connectivity index (χ1) is 16.5. The van der Waals surface area contributed by atoms with Crippen LogP contribution in [-0.4, -0.2) is 57.0 Å². The first-order valence-corrected chi connectivity index (χ1v) is 12.9. The number of aromatic amines is 1. The molecule has 34 heavy (non-hydrogen) atoms. The number of aryl methyl sites for hydroxylation is 1. The Morgan fingerprint density at radius 3 is 3.06 bits per heavy atom. The number of nitrogens with zero attached hydrogens (tertiary/aromatic N) is 7. The fourth-order valence-corrected chi connectivity index (χ4v) is 6.54. The molecule has 0 spiro atoms. The Balaban J connectivity index is 1.26. The van der Waals surface area contributed by atoms with Crippen LogP contribution in [0.5, 0.6) is 0 Å². The Bertz CT molecular complexity index is 1530. The van der Waals surface area contributed by atoms with E-state index in [0.717, 1.165) is 40.8 Å². The Kier molecular flexibility index (Phi) is 4.84. The topological polar surface area (TPSA) is 133 Å². The van der Waals surface area contributed by atoms with Crippen LogP contribution in [0.4, 0.5) is 5.82 Å². The molecule has 2 aliphatic heterocycles. The molecule has 0 bridgehead atoms. The molecule has 1 saturated heterocycles. The second-order valence-electron chi connectivity index (χ2n) is 8.80. The van der Waals surface area contributed by atoms with Crippen LogP contribution in [-0.2, 0) is 16.3 Å². The zero-order valence-corrected chi connectivity index (χ0v) is 19.1. The fraction of sp³-hybridized carbons (Fsp3) is 0.348. The molecule has 2 unspecified atom stereocenters. The van der Waals surface area contributed by atoms with Gasteiger partial charge in [0.15, 0.2) is 14.9 Å². The van der Waals surface area contributed by atoms with Gasteiger partial charge in [-0.15, -0.1) is 0 Å². The van der Waals surface area contributed by atoms with Gasteiger partial charge in [0.2, 0.25) is 0 Å². The van der Waals surface area contributed by atoms with E-state index >= 15 is 0 Å². The molecule has 4 aromatic heterocycles. The monoisotopic (exact) mass is 474 g/mol. The van der Waals surface area contributed by atoms with Crippen molar-refractivity contribution in [2.45, 2.75) is 30.3 Å². The van der Waals surface area contributed by atoms with Crippen molar-refractivity contribution in [1.29, 1.82) is 5.26 Å². The number of nitriles is 1. The van der Waals surface area contributed by atoms with E-state index in [1.807, 2.05) is 35.3 Å². The summed E-state index contributed by atoms with van der Waals surface area (Å²) in [6.07, 6.45) is 8.80. The molecule has 2 aliphatic rings. The molecule has 0 saturated carbocycles. The molecule has 2 atom stereocenters. The number of nitrogens with one attached hydrogen (secondary N) is 1. The Morgan fingerprint density at radius 2 is 2.18 bits per heavy atom. The number of sulfone groups is 1. The predicted molar refractivity (Wildman–Crippen MR) is 125 cm³/mol. The normalized spacial score (nSPS) is 19.9. The van der Waals surface area contributed by atoms with E-state index in [4.69, 9.17) is 0 Å². The van der Waals surface area contributed by atoms with Crippen molar-refractivity contribution in [3.63, 3.8) is 0 Å². The maximum Gasteiger partial charge on any atom is 0.196 e. The maximum atomic E-state index is 12.3. The van der Waals surface area contributed by atoms with Crippen molar-refractivity contribution in [3.05, 3.63) is 48.7 Å². The van der Waals surface area contributed by atoms with E-state index in [1.165, 1.54) is 6.33 Å². The summed E-state index contributed by atoms with van der Waals surface area (Å²) in [6.45, 7) is 1.44. The van der Waals surface area contributed by atoms with Gasteiger partial charge in [-0.3, -0.25) is 4.68 Å². The quantitative estimate of drug-likeness (QED) is 0.466. The molecule has 6 rings (SSSR count). The maximum absolute atomic E-state index is 12.3. The van der Waals surface area contributed by atoms with Gasteiger partial charge in [-0.05, 0) is 30.5 Å². The van der Waals surface area contributed by atoms with Gasteiger partial charge in [0, 0.05) is 42.4 Å². The lowest BCUT2D eigenvalue weighted by Crippen LogP contribution is -2.25. The molecule has 1 N–H and O–H groups in total. The smallest absolute Gasteiger partial charge is 0.196 e. The third-order valence-electron chi connectivity index (χ3n) is 6.82. The van der Waals surface area contributed by atoms with Gasteiger partial charge in [0.05, 0.1) is 36.2 Å². The SMILES string of the molecule is N#CCC(C1CCN(c2ccc3c(n2)S(=O)(=O)CC3)C1)n1cc(-c2ncnc3[nH]ccc23)cn1. The largest absolute Gasteiger partial charge is 0.356 e. The number of aromatic nitrogens is 6. The Hall–Kier alpha value is -3.78. The molecule has 10 nitrogen and oxygen atoms in total. The summed E-state index contributed by atoms with van der Waals surface area (Å²) in [5.41, 5.74) is 3.23. The summed E-state index contributed by atoms with van der Waals surface area (Å²) < 4.78 is 26.5. The predicted octanol–water partition coefficient (Wildman–Crippen LogP) is 2.53. The van der Waals surface area contributed by atoms with Crippen molar-refractivity contribution in [2.24, 2.45) is 5.92 Å². The summed E-state index contributed by atoms with van der Waals surface area (Å²) in [6, 6.07) is 7.93. The zero-order valence-electron chi connectivity index (χ0n) is 18.3. The second kappa shape index (κ2) is 7.92. The van der Waals surface area contributed by atoms with Gasteiger partial charge in [0.1, 0.15) is 17.8 Å². The lowest BCUT2D eigenvalue weighted by molar-refractivity contribution is 0.332. The minimum atomic E-state index is -3.28. The molecule has 6 heterocycles. The zero-order chi connectivity index (χ0) is 23.3. The van der Waals surface area contributed by atoms with Gasteiger partial charge in [-0.2, -0.15) is 10.4 Å². The van der Waals surface area contributed by atoms with E-state index in [-0.39, 0.29) is 22.7 Å². The minimum absolute atomic E-state index is 0.106. The van der Waals surface area contributed by atoms with E-state index in [2.05, 4.69) is 36.0 Å². The lowest BCUT2D eigenvalue weighted by Gasteiger charge is -2.23. The molecular formula is C23H22N8O2S. The summed E-state index contributed by atoms with van der Waals surface area (Å²) in [7, 11) is -3.28. The van der Waals surface area contributed by atoms with Crippen LogP contribution in [0.3, 0.4) is 0 Å². The highest BCUT2D eigenvalue weighted by atomic mass is 32.2. The van der Waals surface area contributed by atoms with Crippen molar-refractivity contribution in [2.75, 3.05) is 23.7 Å². The molecule has 1 fully saturated rings. The minimum Gasteiger partial charge on any atom is -0.356 e. The van der Waals surface area contributed by atoms with Crippen LogP contribution >= 0.6 is 0 Å². The highest BCUT2D eigenvalue weighted by Gasteiger charge is 2.34. The van der Waals surface area contributed by atoms with Gasteiger partial charge < -0.3 is 9.88 Å². The second-order valence-corrected chi connectivity index (χ2v) is 10.8. The molecule has 11 heteroatoms.